The van der Waals surface area contributed by atoms with Gasteiger partial charge in [0.25, 0.3) is 5.91 Å². The number of aromatic nitrogens is 2. The molecular formula is C26H29IN4O4. The van der Waals surface area contributed by atoms with Crippen molar-refractivity contribution in [1.29, 1.82) is 0 Å². The Labute approximate surface area is 218 Å². The van der Waals surface area contributed by atoms with Crippen molar-refractivity contribution in [3.63, 3.8) is 0 Å². The summed E-state index contributed by atoms with van der Waals surface area (Å²) < 4.78 is 14.2. The molecule has 35 heavy (non-hydrogen) atoms. The number of anilines is 1. The van der Waals surface area contributed by atoms with E-state index in [0.717, 1.165) is 20.4 Å². The molecule has 0 saturated carbocycles. The van der Waals surface area contributed by atoms with Gasteiger partial charge in [0.2, 0.25) is 5.91 Å². The van der Waals surface area contributed by atoms with Gasteiger partial charge in [0, 0.05) is 25.2 Å². The fourth-order valence-electron chi connectivity index (χ4n) is 3.99. The molecule has 9 heteroatoms. The fraction of sp³-hybridized carbons (Fsp3) is 0.346. The highest BCUT2D eigenvalue weighted by atomic mass is 127. The van der Waals surface area contributed by atoms with E-state index in [1.165, 1.54) is 0 Å². The van der Waals surface area contributed by atoms with Gasteiger partial charge in [-0.05, 0) is 58.8 Å². The van der Waals surface area contributed by atoms with E-state index in [2.05, 4.69) is 33.0 Å². The van der Waals surface area contributed by atoms with Gasteiger partial charge in [-0.2, -0.15) is 5.10 Å². The zero-order valence-electron chi connectivity index (χ0n) is 19.9. The molecule has 0 spiro atoms. The van der Waals surface area contributed by atoms with Crippen LogP contribution in [0.2, 0.25) is 0 Å². The third-order valence-electron chi connectivity index (χ3n) is 5.87. The molecule has 8 nitrogen and oxygen atoms in total. The third kappa shape index (κ3) is 6.40. The van der Waals surface area contributed by atoms with E-state index in [9.17, 15) is 9.59 Å². The van der Waals surface area contributed by atoms with Crippen LogP contribution in [0.25, 0.3) is 0 Å². The molecule has 0 radical (unpaired) electrons. The van der Waals surface area contributed by atoms with Gasteiger partial charge >= 0.3 is 0 Å². The molecule has 2 amide bonds. The van der Waals surface area contributed by atoms with E-state index < -0.39 is 0 Å². The fourth-order valence-corrected chi connectivity index (χ4v) is 4.64. The normalized spacial score (nSPS) is 15.6. The van der Waals surface area contributed by atoms with Crippen LogP contribution in [0.15, 0.2) is 54.7 Å². The van der Waals surface area contributed by atoms with Crippen molar-refractivity contribution in [1.82, 2.24) is 14.7 Å². The highest BCUT2D eigenvalue weighted by molar-refractivity contribution is 14.1. The van der Waals surface area contributed by atoms with Gasteiger partial charge in [-0.15, -0.1) is 0 Å². The molecule has 1 fully saturated rings. The predicted octanol–water partition coefficient (Wildman–Crippen LogP) is 4.26. The number of nitrogens with zero attached hydrogens (tertiary/aromatic N) is 3. The van der Waals surface area contributed by atoms with Crippen molar-refractivity contribution in [3.8, 4) is 5.75 Å². The molecule has 0 unspecified atom stereocenters. The van der Waals surface area contributed by atoms with Gasteiger partial charge in [-0.25, -0.2) is 0 Å². The highest BCUT2D eigenvalue weighted by Gasteiger charge is 2.26. The minimum Gasteiger partial charge on any atom is -0.489 e. The van der Waals surface area contributed by atoms with Crippen molar-refractivity contribution < 1.29 is 19.1 Å². The lowest BCUT2D eigenvalue weighted by atomic mass is 10.2. The van der Waals surface area contributed by atoms with Crippen molar-refractivity contribution in [2.24, 2.45) is 0 Å². The number of amides is 2. The number of carbonyl (C=O) groups excluding carboxylic acids is 2. The summed E-state index contributed by atoms with van der Waals surface area (Å²) in [4.78, 5) is 27.1. The zero-order chi connectivity index (χ0) is 24.8. The topological polar surface area (TPSA) is 85.7 Å². The van der Waals surface area contributed by atoms with Gasteiger partial charge in [-0.3, -0.25) is 14.3 Å². The Morgan fingerprint density at radius 1 is 1.23 bits per heavy atom. The first-order chi connectivity index (χ1) is 16.9. The monoisotopic (exact) mass is 588 g/mol. The molecule has 1 atom stereocenters. The maximum Gasteiger partial charge on any atom is 0.275 e. The van der Waals surface area contributed by atoms with E-state index in [1.807, 2.05) is 67.3 Å². The number of morpholine rings is 1. The second-order valence-corrected chi connectivity index (χ2v) is 9.58. The Kier molecular flexibility index (Phi) is 8.40. The third-order valence-corrected chi connectivity index (χ3v) is 6.66. The molecule has 0 aliphatic carbocycles. The number of rotatable bonds is 8. The molecule has 1 aromatic heterocycles. The minimum absolute atomic E-state index is 0.109. The first-order valence-corrected chi connectivity index (χ1v) is 12.7. The zero-order valence-corrected chi connectivity index (χ0v) is 22.0. The lowest BCUT2D eigenvalue weighted by Gasteiger charge is -2.33. The Morgan fingerprint density at radius 2 is 2.03 bits per heavy atom. The largest absolute Gasteiger partial charge is 0.489 e. The first kappa shape index (κ1) is 25.2. The van der Waals surface area contributed by atoms with Crippen LogP contribution in [0.1, 0.15) is 35.0 Å². The molecule has 1 N–H and O–H groups in total. The van der Waals surface area contributed by atoms with Crippen LogP contribution >= 0.6 is 22.6 Å². The van der Waals surface area contributed by atoms with Crippen LogP contribution in [-0.4, -0.2) is 52.3 Å². The minimum atomic E-state index is -0.245. The number of nitrogens with one attached hydrogen (secondary N) is 1. The maximum absolute atomic E-state index is 13.2. The Bertz CT molecular complexity index is 1180. The number of hydrogen-bond acceptors (Lipinski definition) is 5. The average Bonchev–Trinajstić information content (AvgIpc) is 3.24. The summed E-state index contributed by atoms with van der Waals surface area (Å²) in [7, 11) is 0. The molecule has 0 bridgehead atoms. The summed E-state index contributed by atoms with van der Waals surface area (Å²) in [6.45, 7) is 6.23. The number of halogens is 1. The van der Waals surface area contributed by atoms with E-state index in [1.54, 1.807) is 10.9 Å². The highest BCUT2D eigenvalue weighted by Crippen LogP contribution is 2.24. The van der Waals surface area contributed by atoms with Gasteiger partial charge in [0.15, 0.2) is 0 Å². The smallest absolute Gasteiger partial charge is 0.275 e. The van der Waals surface area contributed by atoms with E-state index in [0.29, 0.717) is 50.7 Å². The van der Waals surface area contributed by atoms with Crippen LogP contribution in [0.4, 0.5) is 5.69 Å². The lowest BCUT2D eigenvalue weighted by Crippen LogP contribution is -2.47. The average molecular weight is 588 g/mol. The summed E-state index contributed by atoms with van der Waals surface area (Å²) in [6.07, 6.45) is 1.92. The van der Waals surface area contributed by atoms with E-state index >= 15 is 0 Å². The molecule has 1 aliphatic heterocycles. The van der Waals surface area contributed by atoms with Crippen molar-refractivity contribution in [2.75, 3.05) is 25.0 Å². The molecule has 3 aromatic rings. The summed E-state index contributed by atoms with van der Waals surface area (Å²) in [6, 6.07) is 15.6. The predicted molar refractivity (Wildman–Crippen MR) is 141 cm³/mol. The SMILES string of the molecule is CCC(=O)N1CCO[C@@H](Cn2ncc(I)c2C(=O)Nc2ccc(OCc3ccccc3)cc2C)C1. The van der Waals surface area contributed by atoms with E-state index in [-0.39, 0.29) is 17.9 Å². The van der Waals surface area contributed by atoms with Gasteiger partial charge in [-0.1, -0.05) is 37.3 Å². The quantitative estimate of drug-likeness (QED) is 0.398. The number of carbonyl (C=O) groups is 2. The van der Waals surface area contributed by atoms with Crippen LogP contribution in [0.5, 0.6) is 5.75 Å². The molecule has 1 aliphatic rings. The van der Waals surface area contributed by atoms with E-state index in [4.69, 9.17) is 9.47 Å². The molecular weight excluding hydrogens is 559 g/mol. The number of benzene rings is 2. The number of ether oxygens (including phenoxy) is 2. The first-order valence-electron chi connectivity index (χ1n) is 11.6. The summed E-state index contributed by atoms with van der Waals surface area (Å²) in [5, 5.41) is 7.40. The Hall–Kier alpha value is -2.92. The molecule has 4 rings (SSSR count). The summed E-state index contributed by atoms with van der Waals surface area (Å²) >= 11 is 2.11. The number of hydrogen-bond donors (Lipinski definition) is 1. The van der Waals surface area contributed by atoms with Gasteiger partial charge < -0.3 is 19.7 Å². The van der Waals surface area contributed by atoms with Crippen LogP contribution in [0.3, 0.4) is 0 Å². The lowest BCUT2D eigenvalue weighted by molar-refractivity contribution is -0.139. The van der Waals surface area contributed by atoms with Crippen molar-refractivity contribution >= 4 is 40.1 Å². The van der Waals surface area contributed by atoms with Gasteiger partial charge in [0.05, 0.1) is 29.0 Å². The second-order valence-electron chi connectivity index (χ2n) is 8.41. The summed E-state index contributed by atoms with van der Waals surface area (Å²) in [5.74, 6) is 0.604. The van der Waals surface area contributed by atoms with Crippen LogP contribution in [-0.2, 0) is 22.7 Å². The molecule has 2 aromatic carbocycles. The molecule has 184 valence electrons. The summed E-state index contributed by atoms with van der Waals surface area (Å²) in [5.41, 5.74) is 3.17. The van der Waals surface area contributed by atoms with Crippen molar-refractivity contribution in [2.45, 2.75) is 39.5 Å². The van der Waals surface area contributed by atoms with Crippen molar-refractivity contribution in [3.05, 3.63) is 75.1 Å². The standard InChI is InChI=1S/C26H29IN4O4/c1-3-24(32)30-11-12-34-21(15-30)16-31-25(22(27)14-28-31)26(33)29-23-10-9-20(13-18(23)2)35-17-19-7-5-4-6-8-19/h4-10,13-14,21H,3,11-12,15-17H2,1-2H3,(H,29,33)/t21-/m1/s1. The van der Waals surface area contributed by atoms with Gasteiger partial charge in [0.1, 0.15) is 18.1 Å². The second kappa shape index (κ2) is 11.7. The van der Waals surface area contributed by atoms with Crippen LogP contribution < -0.4 is 10.1 Å². The van der Waals surface area contributed by atoms with Crippen LogP contribution in [0, 0.1) is 10.5 Å². The Morgan fingerprint density at radius 3 is 2.77 bits per heavy atom. The molecule has 1 saturated heterocycles. The number of aryl methyl sites for hydroxylation is 1. The molecule has 2 heterocycles. The maximum atomic E-state index is 13.2. The Balaban J connectivity index is 1.41.